The van der Waals surface area contributed by atoms with Crippen LogP contribution in [-0.4, -0.2) is 23.6 Å². The molecule has 4 heteroatoms. The Kier molecular flexibility index (Phi) is 5.58. The molecule has 1 saturated carbocycles. The van der Waals surface area contributed by atoms with Crippen LogP contribution in [0.1, 0.15) is 57.2 Å². The van der Waals surface area contributed by atoms with E-state index < -0.39 is 0 Å². The van der Waals surface area contributed by atoms with Crippen LogP contribution in [0.5, 0.6) is 5.88 Å². The number of ether oxygens (including phenoxy) is 1. The SMILES string of the molecule is CCNC(CC1CCCCC1)c1cc(OC)ncn1. The zero-order valence-corrected chi connectivity index (χ0v) is 12.1. The molecular formula is C15H25N3O. The van der Waals surface area contributed by atoms with Gasteiger partial charge in [-0.1, -0.05) is 39.0 Å². The van der Waals surface area contributed by atoms with Crippen molar-refractivity contribution in [3.05, 3.63) is 18.1 Å². The standard InChI is InChI=1S/C15H25N3O/c1-3-16-13(9-12-7-5-4-6-8-12)14-10-15(19-2)18-11-17-14/h10-13,16H,3-9H2,1-2H3. The van der Waals surface area contributed by atoms with Crippen LogP contribution in [0.2, 0.25) is 0 Å². The monoisotopic (exact) mass is 263 g/mol. The molecule has 1 aliphatic rings. The van der Waals surface area contributed by atoms with Gasteiger partial charge in [0.05, 0.1) is 12.8 Å². The highest BCUT2D eigenvalue weighted by atomic mass is 16.5. The van der Waals surface area contributed by atoms with E-state index in [2.05, 4.69) is 22.2 Å². The molecule has 1 aromatic heterocycles. The number of nitrogens with one attached hydrogen (secondary N) is 1. The van der Waals surface area contributed by atoms with E-state index in [1.54, 1.807) is 13.4 Å². The van der Waals surface area contributed by atoms with Gasteiger partial charge in [0.2, 0.25) is 5.88 Å². The molecule has 0 saturated heterocycles. The van der Waals surface area contributed by atoms with E-state index in [1.807, 2.05) is 6.07 Å². The van der Waals surface area contributed by atoms with Crippen LogP contribution in [0.3, 0.4) is 0 Å². The summed E-state index contributed by atoms with van der Waals surface area (Å²) < 4.78 is 5.19. The number of methoxy groups -OCH3 is 1. The molecule has 19 heavy (non-hydrogen) atoms. The molecule has 1 fully saturated rings. The lowest BCUT2D eigenvalue weighted by Gasteiger charge is -2.26. The fraction of sp³-hybridized carbons (Fsp3) is 0.733. The lowest BCUT2D eigenvalue weighted by molar-refractivity contribution is 0.298. The number of hydrogen-bond acceptors (Lipinski definition) is 4. The summed E-state index contributed by atoms with van der Waals surface area (Å²) in [5.74, 6) is 1.48. The van der Waals surface area contributed by atoms with Crippen molar-refractivity contribution in [2.45, 2.75) is 51.5 Å². The average Bonchev–Trinajstić information content (AvgIpc) is 2.48. The molecule has 2 rings (SSSR count). The Balaban J connectivity index is 2.04. The minimum Gasteiger partial charge on any atom is -0.481 e. The minimum atomic E-state index is 0.324. The van der Waals surface area contributed by atoms with Crippen LogP contribution >= 0.6 is 0 Å². The molecule has 0 aromatic carbocycles. The van der Waals surface area contributed by atoms with Crippen LogP contribution in [0.4, 0.5) is 0 Å². The summed E-state index contributed by atoms with van der Waals surface area (Å²) in [6.45, 7) is 3.11. The molecule has 1 N–H and O–H groups in total. The minimum absolute atomic E-state index is 0.324. The first-order valence-electron chi connectivity index (χ1n) is 7.42. The molecule has 0 aliphatic heterocycles. The van der Waals surface area contributed by atoms with E-state index in [0.717, 1.165) is 18.2 Å². The molecule has 0 spiro atoms. The number of nitrogens with zero attached hydrogens (tertiary/aromatic N) is 2. The molecule has 0 amide bonds. The van der Waals surface area contributed by atoms with Gasteiger partial charge in [0.25, 0.3) is 0 Å². The molecule has 4 nitrogen and oxygen atoms in total. The molecule has 0 bridgehead atoms. The van der Waals surface area contributed by atoms with Gasteiger partial charge < -0.3 is 10.1 Å². The van der Waals surface area contributed by atoms with Gasteiger partial charge in [-0.3, -0.25) is 0 Å². The van der Waals surface area contributed by atoms with Crippen LogP contribution in [0.15, 0.2) is 12.4 Å². The lowest BCUT2D eigenvalue weighted by atomic mass is 9.84. The largest absolute Gasteiger partial charge is 0.481 e. The van der Waals surface area contributed by atoms with Crippen molar-refractivity contribution >= 4 is 0 Å². The van der Waals surface area contributed by atoms with Gasteiger partial charge in [-0.05, 0) is 18.9 Å². The van der Waals surface area contributed by atoms with E-state index in [9.17, 15) is 0 Å². The Morgan fingerprint density at radius 2 is 2.11 bits per heavy atom. The van der Waals surface area contributed by atoms with Crippen molar-refractivity contribution < 1.29 is 4.74 Å². The van der Waals surface area contributed by atoms with Crippen LogP contribution in [0, 0.1) is 5.92 Å². The highest BCUT2D eigenvalue weighted by Crippen LogP contribution is 2.31. The Hall–Kier alpha value is -1.16. The normalized spacial score (nSPS) is 18.2. The maximum atomic E-state index is 5.19. The van der Waals surface area contributed by atoms with Gasteiger partial charge in [-0.15, -0.1) is 0 Å². The summed E-state index contributed by atoms with van der Waals surface area (Å²) in [6.07, 6.45) is 9.68. The zero-order chi connectivity index (χ0) is 13.5. The maximum Gasteiger partial charge on any atom is 0.216 e. The van der Waals surface area contributed by atoms with E-state index in [1.165, 1.54) is 38.5 Å². The van der Waals surface area contributed by atoms with Gasteiger partial charge in [0, 0.05) is 12.1 Å². The highest BCUT2D eigenvalue weighted by molar-refractivity contribution is 5.16. The number of hydrogen-bond donors (Lipinski definition) is 1. The van der Waals surface area contributed by atoms with Gasteiger partial charge in [-0.25, -0.2) is 9.97 Å². The Labute approximate surface area is 116 Å². The van der Waals surface area contributed by atoms with Crippen LogP contribution < -0.4 is 10.1 Å². The summed E-state index contributed by atoms with van der Waals surface area (Å²) in [5.41, 5.74) is 1.05. The van der Waals surface area contributed by atoms with Gasteiger partial charge in [0.15, 0.2) is 0 Å². The van der Waals surface area contributed by atoms with Crippen LogP contribution in [-0.2, 0) is 0 Å². The molecule has 106 valence electrons. The van der Waals surface area contributed by atoms with E-state index in [-0.39, 0.29) is 0 Å². The predicted octanol–water partition coefficient (Wildman–Crippen LogP) is 3.11. The second kappa shape index (κ2) is 7.43. The van der Waals surface area contributed by atoms with E-state index >= 15 is 0 Å². The fourth-order valence-electron chi connectivity index (χ4n) is 2.97. The summed E-state index contributed by atoms with van der Waals surface area (Å²) in [7, 11) is 1.65. The Morgan fingerprint density at radius 3 is 2.79 bits per heavy atom. The van der Waals surface area contributed by atoms with Crippen molar-refractivity contribution in [2.75, 3.05) is 13.7 Å². The lowest BCUT2D eigenvalue weighted by Crippen LogP contribution is -2.25. The fourth-order valence-corrected chi connectivity index (χ4v) is 2.97. The van der Waals surface area contributed by atoms with Crippen LogP contribution in [0.25, 0.3) is 0 Å². The first-order valence-corrected chi connectivity index (χ1v) is 7.42. The molecule has 1 aliphatic carbocycles. The second-order valence-corrected chi connectivity index (χ2v) is 5.34. The Morgan fingerprint density at radius 1 is 1.32 bits per heavy atom. The summed E-state index contributed by atoms with van der Waals surface area (Å²) in [4.78, 5) is 8.50. The smallest absolute Gasteiger partial charge is 0.216 e. The topological polar surface area (TPSA) is 47.0 Å². The zero-order valence-electron chi connectivity index (χ0n) is 12.1. The number of rotatable bonds is 6. The first-order chi connectivity index (χ1) is 9.33. The molecule has 1 aromatic rings. The summed E-state index contributed by atoms with van der Waals surface area (Å²) in [5, 5.41) is 3.55. The van der Waals surface area contributed by atoms with Gasteiger partial charge in [0.1, 0.15) is 6.33 Å². The summed E-state index contributed by atoms with van der Waals surface area (Å²) in [6, 6.07) is 2.28. The quantitative estimate of drug-likeness (QED) is 0.856. The third-order valence-corrected chi connectivity index (χ3v) is 3.97. The van der Waals surface area contributed by atoms with Crippen molar-refractivity contribution in [1.29, 1.82) is 0 Å². The van der Waals surface area contributed by atoms with Crippen molar-refractivity contribution in [2.24, 2.45) is 5.92 Å². The van der Waals surface area contributed by atoms with Crippen molar-refractivity contribution in [1.82, 2.24) is 15.3 Å². The van der Waals surface area contributed by atoms with E-state index in [0.29, 0.717) is 11.9 Å². The van der Waals surface area contributed by atoms with Crippen molar-refractivity contribution in [3.63, 3.8) is 0 Å². The molecule has 1 atom stereocenters. The maximum absolute atomic E-state index is 5.19. The van der Waals surface area contributed by atoms with E-state index in [4.69, 9.17) is 4.74 Å². The number of aromatic nitrogens is 2. The highest BCUT2D eigenvalue weighted by Gasteiger charge is 2.21. The third kappa shape index (κ3) is 4.16. The van der Waals surface area contributed by atoms with Crippen molar-refractivity contribution in [3.8, 4) is 5.88 Å². The molecular weight excluding hydrogens is 238 g/mol. The molecule has 1 heterocycles. The molecule has 1 unspecified atom stereocenters. The predicted molar refractivity (Wildman–Crippen MR) is 76.2 cm³/mol. The third-order valence-electron chi connectivity index (χ3n) is 3.97. The summed E-state index contributed by atoms with van der Waals surface area (Å²) >= 11 is 0. The van der Waals surface area contributed by atoms with Gasteiger partial charge >= 0.3 is 0 Å². The first kappa shape index (κ1) is 14.3. The Bertz CT molecular complexity index is 377. The van der Waals surface area contributed by atoms with Gasteiger partial charge in [-0.2, -0.15) is 0 Å². The second-order valence-electron chi connectivity index (χ2n) is 5.34. The molecule has 0 radical (unpaired) electrons. The average molecular weight is 263 g/mol.